The maximum absolute atomic E-state index is 11.9. The molecule has 1 N–H and O–H groups in total. The van der Waals surface area contributed by atoms with Crippen molar-refractivity contribution in [2.75, 3.05) is 0 Å². The van der Waals surface area contributed by atoms with Crippen molar-refractivity contribution in [2.45, 2.75) is 12.2 Å². The first kappa shape index (κ1) is 12.6. The van der Waals surface area contributed by atoms with Crippen molar-refractivity contribution < 1.29 is 17.9 Å². The topological polar surface area (TPSA) is 42.1 Å². The summed E-state index contributed by atoms with van der Waals surface area (Å²) in [6.07, 6.45) is -3.64. The molecule has 0 saturated heterocycles. The number of hydrogen-bond acceptors (Lipinski definition) is 2. The van der Waals surface area contributed by atoms with Crippen molar-refractivity contribution in [1.29, 1.82) is 0 Å². The fraction of sp³-hybridized carbons (Fsp3) is 0.286. The van der Waals surface area contributed by atoms with Crippen LogP contribution in [-0.2, 0) is 5.88 Å². The fourth-order valence-electron chi connectivity index (χ4n) is 0.833. The highest BCUT2D eigenvalue weighted by Gasteiger charge is 2.33. The number of nitrogens with one attached hydrogen (secondary N) is 1. The summed E-state index contributed by atoms with van der Waals surface area (Å²) in [5, 5.41) is 0. The van der Waals surface area contributed by atoms with Gasteiger partial charge in [-0.05, 0) is 22.6 Å². The second-order valence-corrected chi connectivity index (χ2v) is 3.81. The Hall–Kier alpha value is -0.440. The van der Waals surface area contributed by atoms with Crippen LogP contribution >= 0.6 is 34.2 Å². The average molecular weight is 353 g/mol. The van der Waals surface area contributed by atoms with Crippen LogP contribution in [0.3, 0.4) is 0 Å². The highest BCUT2D eigenvalue weighted by atomic mass is 127. The van der Waals surface area contributed by atoms with Gasteiger partial charge in [0.2, 0.25) is 11.2 Å². The third-order valence-corrected chi connectivity index (χ3v) is 2.52. The van der Waals surface area contributed by atoms with Crippen LogP contribution in [0.2, 0.25) is 0 Å². The Balaban J connectivity index is 3.22. The first-order chi connectivity index (χ1) is 6.85. The molecule has 0 fully saturated rings. The predicted octanol–water partition coefficient (Wildman–Crippen LogP) is 2.62. The molecule has 0 aromatic carbocycles. The monoisotopic (exact) mass is 353 g/mol. The molecule has 0 radical (unpaired) electrons. The molecule has 1 heterocycles. The van der Waals surface area contributed by atoms with Gasteiger partial charge in [-0.15, -0.1) is 24.8 Å². The van der Waals surface area contributed by atoms with Crippen LogP contribution < -0.4 is 10.2 Å². The number of aromatic amines is 1. The van der Waals surface area contributed by atoms with Gasteiger partial charge in [0.1, 0.15) is 3.70 Å². The van der Waals surface area contributed by atoms with Crippen molar-refractivity contribution in [3.05, 3.63) is 25.7 Å². The Morgan fingerprint density at radius 1 is 1.53 bits per heavy atom. The van der Waals surface area contributed by atoms with Crippen LogP contribution in [0.5, 0.6) is 5.75 Å². The third kappa shape index (κ3) is 3.26. The van der Waals surface area contributed by atoms with Gasteiger partial charge in [0.05, 0.1) is 5.88 Å². The SMILES string of the molecule is O=c1c(CCl)c[nH]c(I)c1OC(F)(F)F. The lowest BCUT2D eigenvalue weighted by molar-refractivity contribution is -0.275. The first-order valence-electron chi connectivity index (χ1n) is 3.57. The minimum Gasteiger partial charge on any atom is -0.399 e. The zero-order chi connectivity index (χ0) is 11.6. The molecule has 0 spiro atoms. The molecular weight excluding hydrogens is 349 g/mol. The maximum atomic E-state index is 11.9. The number of ether oxygens (including phenoxy) is 1. The summed E-state index contributed by atoms with van der Waals surface area (Å²) in [5.41, 5.74) is -0.832. The van der Waals surface area contributed by atoms with E-state index in [1.165, 1.54) is 28.8 Å². The van der Waals surface area contributed by atoms with Gasteiger partial charge < -0.3 is 9.72 Å². The zero-order valence-electron chi connectivity index (χ0n) is 6.99. The van der Waals surface area contributed by atoms with Crippen LogP contribution in [0.4, 0.5) is 13.2 Å². The van der Waals surface area contributed by atoms with E-state index in [9.17, 15) is 18.0 Å². The van der Waals surface area contributed by atoms with Gasteiger partial charge in [0.25, 0.3) is 0 Å². The second kappa shape index (κ2) is 4.60. The van der Waals surface area contributed by atoms with E-state index >= 15 is 0 Å². The van der Waals surface area contributed by atoms with E-state index in [-0.39, 0.29) is 15.1 Å². The van der Waals surface area contributed by atoms with Gasteiger partial charge in [-0.25, -0.2) is 0 Å². The number of hydrogen-bond donors (Lipinski definition) is 1. The third-order valence-electron chi connectivity index (χ3n) is 1.43. The van der Waals surface area contributed by atoms with Crippen molar-refractivity contribution in [2.24, 2.45) is 0 Å². The van der Waals surface area contributed by atoms with Gasteiger partial charge in [-0.1, -0.05) is 0 Å². The molecule has 0 amide bonds. The molecule has 8 heteroatoms. The Kier molecular flexibility index (Phi) is 3.87. The summed E-state index contributed by atoms with van der Waals surface area (Å²) in [7, 11) is 0. The van der Waals surface area contributed by atoms with E-state index in [1.54, 1.807) is 0 Å². The number of rotatable bonds is 2. The molecule has 3 nitrogen and oxygen atoms in total. The highest BCUT2D eigenvalue weighted by Crippen LogP contribution is 2.23. The van der Waals surface area contributed by atoms with Gasteiger partial charge in [0, 0.05) is 11.8 Å². The molecule has 1 aromatic rings. The quantitative estimate of drug-likeness (QED) is 0.505. The van der Waals surface area contributed by atoms with Crippen LogP contribution in [0.15, 0.2) is 11.0 Å². The van der Waals surface area contributed by atoms with Crippen molar-refractivity contribution >= 4 is 34.2 Å². The smallest absolute Gasteiger partial charge is 0.399 e. The number of aromatic nitrogens is 1. The molecular formula is C7H4ClF3INO2. The Bertz CT molecular complexity index is 418. The number of halogens is 5. The molecule has 0 unspecified atom stereocenters. The van der Waals surface area contributed by atoms with Gasteiger partial charge in [0.15, 0.2) is 0 Å². The molecule has 0 aliphatic heterocycles. The Morgan fingerprint density at radius 3 is 2.60 bits per heavy atom. The van der Waals surface area contributed by atoms with Gasteiger partial charge in [-0.3, -0.25) is 4.79 Å². The highest BCUT2D eigenvalue weighted by molar-refractivity contribution is 14.1. The largest absolute Gasteiger partial charge is 0.573 e. The average Bonchev–Trinajstić information content (AvgIpc) is 2.11. The summed E-state index contributed by atoms with van der Waals surface area (Å²) >= 11 is 6.90. The van der Waals surface area contributed by atoms with Crippen LogP contribution in [0, 0.1) is 3.70 Å². The van der Waals surface area contributed by atoms with E-state index in [0.29, 0.717) is 0 Å². The Labute approximate surface area is 101 Å². The normalized spacial score (nSPS) is 11.5. The van der Waals surface area contributed by atoms with Crippen molar-refractivity contribution in [1.82, 2.24) is 4.98 Å². The summed E-state index contributed by atoms with van der Waals surface area (Å²) in [4.78, 5) is 13.8. The van der Waals surface area contributed by atoms with Crippen molar-refractivity contribution in [3.63, 3.8) is 0 Å². The second-order valence-electron chi connectivity index (χ2n) is 2.47. The van der Waals surface area contributed by atoms with E-state index < -0.39 is 17.5 Å². The molecule has 0 aliphatic rings. The molecule has 0 atom stereocenters. The lowest BCUT2D eigenvalue weighted by Crippen LogP contribution is -2.24. The maximum Gasteiger partial charge on any atom is 0.573 e. The summed E-state index contributed by atoms with van der Waals surface area (Å²) < 4.78 is 39.3. The van der Waals surface area contributed by atoms with E-state index in [1.807, 2.05) is 0 Å². The molecule has 15 heavy (non-hydrogen) atoms. The molecule has 1 rings (SSSR count). The zero-order valence-corrected chi connectivity index (χ0v) is 9.90. The molecule has 1 aromatic heterocycles. The lowest BCUT2D eigenvalue weighted by Gasteiger charge is -2.10. The Morgan fingerprint density at radius 2 is 2.13 bits per heavy atom. The van der Waals surface area contributed by atoms with Crippen molar-refractivity contribution in [3.8, 4) is 5.75 Å². The predicted molar refractivity (Wildman–Crippen MR) is 56.0 cm³/mol. The fourth-order valence-corrected chi connectivity index (χ4v) is 1.54. The lowest BCUT2D eigenvalue weighted by atomic mass is 10.3. The van der Waals surface area contributed by atoms with Crippen LogP contribution in [0.25, 0.3) is 0 Å². The molecule has 0 aliphatic carbocycles. The first-order valence-corrected chi connectivity index (χ1v) is 5.18. The minimum atomic E-state index is -4.89. The van der Waals surface area contributed by atoms with Gasteiger partial charge in [-0.2, -0.15) is 0 Å². The summed E-state index contributed by atoms with van der Waals surface area (Å²) in [5.74, 6) is -0.957. The summed E-state index contributed by atoms with van der Waals surface area (Å²) in [6.45, 7) is 0. The number of H-pyrrole nitrogens is 1. The summed E-state index contributed by atoms with van der Waals surface area (Å²) in [6, 6.07) is 0. The van der Waals surface area contributed by atoms with E-state index in [4.69, 9.17) is 11.6 Å². The van der Waals surface area contributed by atoms with Gasteiger partial charge >= 0.3 is 6.36 Å². The minimum absolute atomic E-state index is 0.0243. The van der Waals surface area contributed by atoms with E-state index in [0.717, 1.165) is 0 Å². The number of alkyl halides is 4. The van der Waals surface area contributed by atoms with E-state index in [2.05, 4.69) is 9.72 Å². The van der Waals surface area contributed by atoms with Crippen LogP contribution in [0.1, 0.15) is 5.56 Å². The van der Waals surface area contributed by atoms with Crippen LogP contribution in [-0.4, -0.2) is 11.3 Å². The molecule has 0 bridgehead atoms. The standard InChI is InChI=1S/C7H4ClF3INO2/c8-1-3-2-13-6(12)5(4(3)14)15-7(9,10)11/h2H,1H2,(H,13,14). The molecule has 84 valence electrons. The number of pyridine rings is 1. The molecule has 0 saturated carbocycles.